The molecule has 1 heterocycles. The van der Waals surface area contributed by atoms with Crippen molar-refractivity contribution in [1.29, 1.82) is 0 Å². The van der Waals surface area contributed by atoms with Gasteiger partial charge in [0.1, 0.15) is 0 Å². The molecule has 1 rings (SSSR count). The summed E-state index contributed by atoms with van der Waals surface area (Å²) in [6.07, 6.45) is 3.25. The van der Waals surface area contributed by atoms with Crippen LogP contribution in [0.15, 0.2) is 18.5 Å². The topological polar surface area (TPSA) is 54.0 Å². The Morgan fingerprint density at radius 3 is 2.69 bits per heavy atom. The SMILES string of the molecule is CCNc1ccncc1C(=O)NC(C)(C)C. The second-order valence-electron chi connectivity index (χ2n) is 4.66. The largest absolute Gasteiger partial charge is 0.385 e. The molecule has 0 bridgehead atoms. The van der Waals surface area contributed by atoms with Gasteiger partial charge in [-0.05, 0) is 33.8 Å². The van der Waals surface area contributed by atoms with Crippen LogP contribution < -0.4 is 10.6 Å². The molecule has 1 aromatic rings. The zero-order valence-electron chi connectivity index (χ0n) is 10.3. The maximum Gasteiger partial charge on any atom is 0.255 e. The summed E-state index contributed by atoms with van der Waals surface area (Å²) in [7, 11) is 0. The Hall–Kier alpha value is -1.58. The van der Waals surface area contributed by atoms with Crippen molar-refractivity contribution in [2.75, 3.05) is 11.9 Å². The molecule has 0 aromatic carbocycles. The Morgan fingerprint density at radius 2 is 2.12 bits per heavy atom. The highest BCUT2D eigenvalue weighted by molar-refractivity contribution is 5.99. The fraction of sp³-hybridized carbons (Fsp3) is 0.500. The molecule has 4 nitrogen and oxygen atoms in total. The van der Waals surface area contributed by atoms with Crippen LogP contribution in [0.3, 0.4) is 0 Å². The van der Waals surface area contributed by atoms with E-state index in [1.54, 1.807) is 18.5 Å². The Labute approximate surface area is 96.5 Å². The maximum absolute atomic E-state index is 12.0. The van der Waals surface area contributed by atoms with Crippen LogP contribution in [0.25, 0.3) is 0 Å². The van der Waals surface area contributed by atoms with Gasteiger partial charge in [0.25, 0.3) is 5.91 Å². The number of hydrogen-bond donors (Lipinski definition) is 2. The molecule has 0 aliphatic heterocycles. The lowest BCUT2D eigenvalue weighted by atomic mass is 10.1. The zero-order valence-corrected chi connectivity index (χ0v) is 10.3. The highest BCUT2D eigenvalue weighted by Crippen LogP contribution is 2.14. The van der Waals surface area contributed by atoms with Crippen LogP contribution in [-0.2, 0) is 0 Å². The smallest absolute Gasteiger partial charge is 0.255 e. The first-order valence-corrected chi connectivity index (χ1v) is 5.44. The predicted molar refractivity (Wildman–Crippen MR) is 65.6 cm³/mol. The minimum absolute atomic E-state index is 0.100. The van der Waals surface area contributed by atoms with Crippen molar-refractivity contribution in [2.45, 2.75) is 33.2 Å². The van der Waals surface area contributed by atoms with E-state index in [-0.39, 0.29) is 11.4 Å². The minimum atomic E-state index is -0.240. The number of carbonyl (C=O) groups excluding carboxylic acids is 1. The molecule has 16 heavy (non-hydrogen) atoms. The van der Waals surface area contributed by atoms with Gasteiger partial charge in [-0.15, -0.1) is 0 Å². The monoisotopic (exact) mass is 221 g/mol. The normalized spacial score (nSPS) is 11.0. The third-order valence-corrected chi connectivity index (χ3v) is 1.92. The lowest BCUT2D eigenvalue weighted by molar-refractivity contribution is 0.0920. The van der Waals surface area contributed by atoms with E-state index < -0.39 is 0 Å². The summed E-state index contributed by atoms with van der Waals surface area (Å²) in [6, 6.07) is 1.81. The molecular weight excluding hydrogens is 202 g/mol. The molecular formula is C12H19N3O. The quantitative estimate of drug-likeness (QED) is 0.821. The Bertz CT molecular complexity index is 369. The fourth-order valence-electron chi connectivity index (χ4n) is 1.33. The number of hydrogen-bond acceptors (Lipinski definition) is 3. The molecule has 0 aliphatic rings. The average Bonchev–Trinajstić information content (AvgIpc) is 2.16. The molecule has 2 N–H and O–H groups in total. The van der Waals surface area contributed by atoms with Crippen LogP contribution in [0.1, 0.15) is 38.1 Å². The molecule has 0 atom stereocenters. The number of aromatic nitrogens is 1. The number of amides is 1. The van der Waals surface area contributed by atoms with Crippen LogP contribution in [0.4, 0.5) is 5.69 Å². The van der Waals surface area contributed by atoms with Gasteiger partial charge in [0.15, 0.2) is 0 Å². The molecule has 1 amide bonds. The van der Waals surface area contributed by atoms with Gasteiger partial charge < -0.3 is 10.6 Å². The van der Waals surface area contributed by atoms with Crippen LogP contribution in [-0.4, -0.2) is 23.0 Å². The van der Waals surface area contributed by atoms with Crippen molar-refractivity contribution in [3.63, 3.8) is 0 Å². The standard InChI is InChI=1S/C12H19N3O/c1-5-14-10-6-7-13-8-9(10)11(16)15-12(2,3)4/h6-8H,5H2,1-4H3,(H,13,14)(H,15,16). The van der Waals surface area contributed by atoms with Crippen LogP contribution in [0, 0.1) is 0 Å². The summed E-state index contributed by atoms with van der Waals surface area (Å²) in [4.78, 5) is 15.9. The first kappa shape index (κ1) is 12.5. The van der Waals surface area contributed by atoms with Crippen LogP contribution >= 0.6 is 0 Å². The third-order valence-electron chi connectivity index (χ3n) is 1.92. The minimum Gasteiger partial charge on any atom is -0.385 e. The lowest BCUT2D eigenvalue weighted by Crippen LogP contribution is -2.40. The molecule has 0 aliphatic carbocycles. The van der Waals surface area contributed by atoms with Gasteiger partial charge in [-0.3, -0.25) is 9.78 Å². The van der Waals surface area contributed by atoms with Crippen LogP contribution in [0.2, 0.25) is 0 Å². The van der Waals surface area contributed by atoms with Crippen molar-refractivity contribution in [3.8, 4) is 0 Å². The van der Waals surface area contributed by atoms with Gasteiger partial charge in [0.05, 0.1) is 11.3 Å². The van der Waals surface area contributed by atoms with E-state index >= 15 is 0 Å². The first-order chi connectivity index (χ1) is 7.44. The predicted octanol–water partition coefficient (Wildman–Crippen LogP) is 2.04. The Kier molecular flexibility index (Phi) is 3.88. The van der Waals surface area contributed by atoms with E-state index in [1.165, 1.54) is 0 Å². The number of rotatable bonds is 3. The number of nitrogens with one attached hydrogen (secondary N) is 2. The first-order valence-electron chi connectivity index (χ1n) is 5.44. The second kappa shape index (κ2) is 4.96. The van der Waals surface area contributed by atoms with E-state index in [4.69, 9.17) is 0 Å². The molecule has 0 saturated heterocycles. The number of pyridine rings is 1. The molecule has 88 valence electrons. The summed E-state index contributed by atoms with van der Waals surface area (Å²) in [6.45, 7) is 8.63. The third kappa shape index (κ3) is 3.53. The molecule has 0 spiro atoms. The van der Waals surface area contributed by atoms with Crippen molar-refractivity contribution in [2.24, 2.45) is 0 Å². The van der Waals surface area contributed by atoms with E-state index in [0.29, 0.717) is 5.56 Å². The molecule has 0 radical (unpaired) electrons. The molecule has 0 unspecified atom stereocenters. The van der Waals surface area contributed by atoms with E-state index in [2.05, 4.69) is 15.6 Å². The van der Waals surface area contributed by atoms with Gasteiger partial charge in [-0.1, -0.05) is 0 Å². The van der Waals surface area contributed by atoms with E-state index in [0.717, 1.165) is 12.2 Å². The summed E-state index contributed by atoms with van der Waals surface area (Å²) in [5.41, 5.74) is 1.16. The highest BCUT2D eigenvalue weighted by atomic mass is 16.1. The van der Waals surface area contributed by atoms with Gasteiger partial charge in [0, 0.05) is 24.5 Å². The zero-order chi connectivity index (χ0) is 12.2. The molecule has 0 saturated carbocycles. The summed E-state index contributed by atoms with van der Waals surface area (Å²) >= 11 is 0. The summed E-state index contributed by atoms with van der Waals surface area (Å²) in [5.74, 6) is -0.100. The highest BCUT2D eigenvalue weighted by Gasteiger charge is 2.17. The molecule has 0 fully saturated rings. The number of carbonyl (C=O) groups is 1. The Balaban J connectivity index is 2.90. The number of nitrogens with zero attached hydrogens (tertiary/aromatic N) is 1. The average molecular weight is 221 g/mol. The maximum atomic E-state index is 12.0. The van der Waals surface area contributed by atoms with Gasteiger partial charge in [-0.25, -0.2) is 0 Å². The van der Waals surface area contributed by atoms with Crippen molar-refractivity contribution >= 4 is 11.6 Å². The fourth-order valence-corrected chi connectivity index (χ4v) is 1.33. The van der Waals surface area contributed by atoms with Crippen LogP contribution in [0.5, 0.6) is 0 Å². The van der Waals surface area contributed by atoms with Crippen molar-refractivity contribution in [1.82, 2.24) is 10.3 Å². The lowest BCUT2D eigenvalue weighted by Gasteiger charge is -2.21. The van der Waals surface area contributed by atoms with Gasteiger partial charge in [-0.2, -0.15) is 0 Å². The molecule has 4 heteroatoms. The Morgan fingerprint density at radius 1 is 1.44 bits per heavy atom. The summed E-state index contributed by atoms with van der Waals surface area (Å²) in [5, 5.41) is 6.06. The van der Waals surface area contributed by atoms with Gasteiger partial charge >= 0.3 is 0 Å². The second-order valence-corrected chi connectivity index (χ2v) is 4.66. The van der Waals surface area contributed by atoms with E-state index in [9.17, 15) is 4.79 Å². The van der Waals surface area contributed by atoms with Gasteiger partial charge in [0.2, 0.25) is 0 Å². The summed E-state index contributed by atoms with van der Waals surface area (Å²) < 4.78 is 0. The van der Waals surface area contributed by atoms with E-state index in [1.807, 2.05) is 27.7 Å². The number of anilines is 1. The molecule has 1 aromatic heterocycles. The van der Waals surface area contributed by atoms with Crippen molar-refractivity contribution in [3.05, 3.63) is 24.0 Å². The van der Waals surface area contributed by atoms with Crippen molar-refractivity contribution < 1.29 is 4.79 Å².